The van der Waals surface area contributed by atoms with Gasteiger partial charge >= 0.3 is 0 Å². The lowest BCUT2D eigenvalue weighted by Gasteiger charge is -2.16. The van der Waals surface area contributed by atoms with Crippen LogP contribution in [0.5, 0.6) is 5.75 Å². The number of anilines is 1. The van der Waals surface area contributed by atoms with Gasteiger partial charge in [0.05, 0.1) is 18.3 Å². The van der Waals surface area contributed by atoms with E-state index in [0.717, 1.165) is 12.3 Å². The lowest BCUT2D eigenvalue weighted by atomic mass is 10.0. The number of hydrogen-bond acceptors (Lipinski definition) is 2. The van der Waals surface area contributed by atoms with Crippen LogP contribution in [0.25, 0.3) is 0 Å². The van der Waals surface area contributed by atoms with E-state index < -0.39 is 0 Å². The van der Waals surface area contributed by atoms with E-state index in [2.05, 4.69) is 54.3 Å². The van der Waals surface area contributed by atoms with Gasteiger partial charge < -0.3 is 9.64 Å². The Morgan fingerprint density at radius 1 is 1.00 bits per heavy atom. The third-order valence-electron chi connectivity index (χ3n) is 3.73. The van der Waals surface area contributed by atoms with Gasteiger partial charge in [0.25, 0.3) is 0 Å². The summed E-state index contributed by atoms with van der Waals surface area (Å²) in [6.07, 6.45) is 0. The zero-order valence-corrected chi connectivity index (χ0v) is 10.8. The fourth-order valence-corrected chi connectivity index (χ4v) is 2.52. The summed E-state index contributed by atoms with van der Waals surface area (Å²) in [7, 11) is 1.72. The van der Waals surface area contributed by atoms with E-state index in [1.807, 2.05) is 12.1 Å². The maximum absolute atomic E-state index is 5.43. The number of hydrogen-bond donors (Lipinski definition) is 0. The summed E-state index contributed by atoms with van der Waals surface area (Å²) in [6.45, 7) is 3.31. The van der Waals surface area contributed by atoms with E-state index >= 15 is 0 Å². The zero-order chi connectivity index (χ0) is 12.6. The van der Waals surface area contributed by atoms with Gasteiger partial charge in [0.2, 0.25) is 0 Å². The summed E-state index contributed by atoms with van der Waals surface area (Å²) in [5.74, 6) is 0.942. The normalized spacial score (nSPS) is 21.8. The second-order valence-electron chi connectivity index (χ2n) is 4.90. The van der Waals surface area contributed by atoms with Gasteiger partial charge in [-0.3, -0.25) is 0 Å². The number of benzene rings is 2. The summed E-state index contributed by atoms with van der Waals surface area (Å²) in [4.78, 5) is 2.38. The minimum absolute atomic E-state index is 0.107. The Kier molecular flexibility index (Phi) is 2.51. The molecule has 2 nitrogen and oxygen atoms in total. The van der Waals surface area contributed by atoms with Crippen LogP contribution in [0.4, 0.5) is 5.69 Å². The Labute approximate surface area is 108 Å². The van der Waals surface area contributed by atoms with Gasteiger partial charge in [0.15, 0.2) is 0 Å². The Balaban J connectivity index is 1.94. The molecule has 1 fully saturated rings. The maximum atomic E-state index is 5.43. The van der Waals surface area contributed by atoms with Crippen molar-refractivity contribution in [2.24, 2.45) is 0 Å². The second-order valence-corrected chi connectivity index (χ2v) is 4.90. The highest BCUT2D eigenvalue weighted by molar-refractivity contribution is 5.67. The molecule has 2 heteroatoms. The van der Waals surface area contributed by atoms with E-state index in [9.17, 15) is 0 Å². The largest absolute Gasteiger partial charge is 0.495 e. The molecular formula is C16H17NO. The van der Waals surface area contributed by atoms with Gasteiger partial charge in [-0.05, 0) is 24.6 Å². The molecule has 1 saturated heterocycles. The number of para-hydroxylation sites is 2. The van der Waals surface area contributed by atoms with Gasteiger partial charge in [-0.15, -0.1) is 0 Å². The molecule has 2 aromatic rings. The van der Waals surface area contributed by atoms with Crippen LogP contribution >= 0.6 is 0 Å². The summed E-state index contributed by atoms with van der Waals surface area (Å²) in [5, 5.41) is 0. The summed E-state index contributed by atoms with van der Waals surface area (Å²) < 4.78 is 5.43. The van der Waals surface area contributed by atoms with Crippen molar-refractivity contribution in [3.63, 3.8) is 0 Å². The quantitative estimate of drug-likeness (QED) is 0.761. The van der Waals surface area contributed by atoms with Crippen LogP contribution in [0.2, 0.25) is 0 Å². The molecule has 0 aromatic heterocycles. The van der Waals surface area contributed by atoms with Crippen LogP contribution in [0.1, 0.15) is 12.5 Å². The van der Waals surface area contributed by atoms with E-state index in [1.165, 1.54) is 11.3 Å². The lowest BCUT2D eigenvalue weighted by molar-refractivity contribution is 0.415. The topological polar surface area (TPSA) is 12.2 Å². The molecule has 0 bridgehead atoms. The van der Waals surface area contributed by atoms with Crippen molar-refractivity contribution in [1.82, 2.24) is 0 Å². The fourth-order valence-electron chi connectivity index (χ4n) is 2.52. The van der Waals surface area contributed by atoms with Gasteiger partial charge in [0.1, 0.15) is 5.75 Å². The van der Waals surface area contributed by atoms with Gasteiger partial charge in [0, 0.05) is 6.54 Å². The Bertz CT molecular complexity index is 552. The van der Waals surface area contributed by atoms with Crippen molar-refractivity contribution >= 4 is 5.69 Å². The van der Waals surface area contributed by atoms with Crippen LogP contribution in [0, 0.1) is 0 Å². The van der Waals surface area contributed by atoms with Gasteiger partial charge in [-0.25, -0.2) is 0 Å². The van der Waals surface area contributed by atoms with Crippen LogP contribution in [-0.4, -0.2) is 13.7 Å². The molecule has 0 N–H and O–H groups in total. The molecule has 0 unspecified atom stereocenters. The standard InChI is InChI=1S/C16H17NO/c1-16(13-8-4-3-5-9-13)12-17(16)14-10-6-7-11-15(14)18-2/h3-11H,12H2,1-2H3/t16-,17?/m0/s1. The molecule has 1 atom stereocenters. The highest BCUT2D eigenvalue weighted by atomic mass is 16.5. The van der Waals surface area contributed by atoms with Crippen molar-refractivity contribution in [3.05, 3.63) is 60.2 Å². The molecule has 0 saturated carbocycles. The fraction of sp³-hybridized carbons (Fsp3) is 0.250. The van der Waals surface area contributed by atoms with E-state index in [1.54, 1.807) is 7.11 Å². The summed E-state index contributed by atoms with van der Waals surface area (Å²) in [6, 6.07) is 18.8. The van der Waals surface area contributed by atoms with Crippen molar-refractivity contribution in [3.8, 4) is 5.75 Å². The van der Waals surface area contributed by atoms with E-state index in [4.69, 9.17) is 4.74 Å². The number of methoxy groups -OCH3 is 1. The molecule has 1 heterocycles. The average molecular weight is 239 g/mol. The summed E-state index contributed by atoms with van der Waals surface area (Å²) >= 11 is 0. The number of ether oxygens (including phenoxy) is 1. The molecule has 0 radical (unpaired) electrons. The first-order valence-electron chi connectivity index (χ1n) is 6.22. The average Bonchev–Trinajstić information content (AvgIpc) is 3.13. The Morgan fingerprint density at radius 3 is 2.39 bits per heavy atom. The van der Waals surface area contributed by atoms with Crippen LogP contribution in [0.15, 0.2) is 54.6 Å². The predicted octanol–water partition coefficient (Wildman–Crippen LogP) is 3.43. The monoisotopic (exact) mass is 239 g/mol. The van der Waals surface area contributed by atoms with Crippen molar-refractivity contribution in [2.45, 2.75) is 12.5 Å². The first-order valence-corrected chi connectivity index (χ1v) is 6.22. The highest BCUT2D eigenvalue weighted by Gasteiger charge is 2.49. The molecular weight excluding hydrogens is 222 g/mol. The lowest BCUT2D eigenvalue weighted by Crippen LogP contribution is -2.11. The smallest absolute Gasteiger partial charge is 0.142 e. The number of rotatable bonds is 3. The maximum Gasteiger partial charge on any atom is 0.142 e. The molecule has 18 heavy (non-hydrogen) atoms. The van der Waals surface area contributed by atoms with Crippen LogP contribution < -0.4 is 9.64 Å². The summed E-state index contributed by atoms with van der Waals surface area (Å²) in [5.41, 5.74) is 2.64. The molecule has 92 valence electrons. The minimum Gasteiger partial charge on any atom is -0.495 e. The first kappa shape index (κ1) is 11.1. The Hall–Kier alpha value is -1.96. The molecule has 0 aliphatic carbocycles. The van der Waals surface area contributed by atoms with Crippen LogP contribution in [0.3, 0.4) is 0 Å². The molecule has 1 aliphatic rings. The van der Waals surface area contributed by atoms with E-state index in [-0.39, 0.29) is 5.54 Å². The third-order valence-corrected chi connectivity index (χ3v) is 3.73. The molecule has 0 spiro atoms. The van der Waals surface area contributed by atoms with E-state index in [0.29, 0.717) is 0 Å². The third kappa shape index (κ3) is 1.65. The van der Waals surface area contributed by atoms with Crippen molar-refractivity contribution in [2.75, 3.05) is 18.6 Å². The molecule has 2 aromatic carbocycles. The number of nitrogens with zero attached hydrogens (tertiary/aromatic N) is 1. The molecule has 1 aliphatic heterocycles. The van der Waals surface area contributed by atoms with Gasteiger partial charge in [-0.2, -0.15) is 0 Å². The highest BCUT2D eigenvalue weighted by Crippen LogP contribution is 2.48. The van der Waals surface area contributed by atoms with Crippen LogP contribution in [-0.2, 0) is 5.54 Å². The second kappa shape index (κ2) is 4.05. The zero-order valence-electron chi connectivity index (χ0n) is 10.8. The molecule has 3 rings (SSSR count). The first-order chi connectivity index (χ1) is 8.75. The van der Waals surface area contributed by atoms with Crippen molar-refractivity contribution < 1.29 is 4.74 Å². The predicted molar refractivity (Wildman–Crippen MR) is 74.1 cm³/mol. The van der Waals surface area contributed by atoms with Crippen molar-refractivity contribution in [1.29, 1.82) is 0 Å². The SMILES string of the molecule is COc1ccccc1N1C[C@@]1(C)c1ccccc1. The minimum atomic E-state index is 0.107. The van der Waals surface area contributed by atoms with Gasteiger partial charge in [-0.1, -0.05) is 42.5 Å². The molecule has 0 amide bonds. The Morgan fingerprint density at radius 2 is 1.67 bits per heavy atom.